The third-order valence-electron chi connectivity index (χ3n) is 6.97. The summed E-state index contributed by atoms with van der Waals surface area (Å²) in [4.78, 5) is 0. The Morgan fingerprint density at radius 1 is 1.19 bits per heavy atom. The zero-order valence-electron chi connectivity index (χ0n) is 17.8. The van der Waals surface area contributed by atoms with E-state index in [1.807, 2.05) is 0 Å². The van der Waals surface area contributed by atoms with Gasteiger partial charge in [0.15, 0.2) is 8.32 Å². The quantitative estimate of drug-likeness (QED) is 0.737. The van der Waals surface area contributed by atoms with Crippen LogP contribution in [0.25, 0.3) is 0 Å². The van der Waals surface area contributed by atoms with Crippen LogP contribution in [0, 0.1) is 6.92 Å². The van der Waals surface area contributed by atoms with Gasteiger partial charge in [-0.2, -0.15) is 0 Å². The molecule has 0 aromatic carbocycles. The molecule has 2 bridgehead atoms. The number of hydrogen-bond donors (Lipinski definition) is 1. The number of fused-ring (bicyclic) bond motifs is 2. The molecule has 3 rings (SSSR count). The summed E-state index contributed by atoms with van der Waals surface area (Å²) in [6.07, 6.45) is 6.11. The molecular weight excluding hydrogens is 340 g/mol. The molecule has 0 radical (unpaired) electrons. The van der Waals surface area contributed by atoms with Crippen molar-refractivity contribution in [1.82, 2.24) is 20.1 Å². The van der Waals surface area contributed by atoms with E-state index in [1.165, 1.54) is 25.7 Å². The molecule has 0 spiro atoms. The van der Waals surface area contributed by atoms with Gasteiger partial charge in [0.05, 0.1) is 0 Å². The van der Waals surface area contributed by atoms with E-state index < -0.39 is 8.32 Å². The fraction of sp³-hybridized carbons (Fsp3) is 0.900. The van der Waals surface area contributed by atoms with Gasteiger partial charge in [-0.3, -0.25) is 0 Å². The first-order valence-electron chi connectivity index (χ1n) is 10.4. The number of nitrogens with one attached hydrogen (secondary N) is 1. The number of nitrogens with zero attached hydrogens (tertiary/aromatic N) is 3. The van der Waals surface area contributed by atoms with Gasteiger partial charge in [-0.05, 0) is 57.2 Å². The summed E-state index contributed by atoms with van der Waals surface area (Å²) in [5.41, 5.74) is 0. The molecule has 3 heterocycles. The minimum absolute atomic E-state index is 0.265. The Morgan fingerprint density at radius 3 is 2.38 bits per heavy atom. The van der Waals surface area contributed by atoms with Crippen LogP contribution in [0.1, 0.15) is 83.4 Å². The van der Waals surface area contributed by atoms with Gasteiger partial charge in [0.25, 0.3) is 0 Å². The van der Waals surface area contributed by atoms with E-state index in [0.29, 0.717) is 24.0 Å². The number of aromatic nitrogens is 3. The molecule has 1 aromatic rings. The smallest absolute Gasteiger partial charge is 0.191 e. The van der Waals surface area contributed by atoms with Gasteiger partial charge in [-0.15, -0.1) is 10.2 Å². The molecule has 2 saturated heterocycles. The molecule has 6 heteroatoms. The van der Waals surface area contributed by atoms with Gasteiger partial charge in [0, 0.05) is 30.7 Å². The summed E-state index contributed by atoms with van der Waals surface area (Å²) in [6.45, 7) is 16.8. The molecule has 1 aromatic heterocycles. The standard InChI is InChI=1S/C20H38N4OSi/c1-14(10-11-25-26(6,7)20(3,4)5)19-23-22-15(2)24(19)18-12-16-8-9-17(13-18)21-16/h14,16-18,21H,8-13H2,1-7H3. The van der Waals surface area contributed by atoms with Crippen molar-refractivity contribution in [2.75, 3.05) is 6.61 Å². The highest BCUT2D eigenvalue weighted by Crippen LogP contribution is 2.38. The number of hydrogen-bond acceptors (Lipinski definition) is 4. The van der Waals surface area contributed by atoms with Gasteiger partial charge in [-0.1, -0.05) is 27.7 Å². The summed E-state index contributed by atoms with van der Waals surface area (Å²) in [6, 6.07) is 1.93. The summed E-state index contributed by atoms with van der Waals surface area (Å²) >= 11 is 0. The Hall–Kier alpha value is -0.723. The second kappa shape index (κ2) is 7.36. The van der Waals surface area contributed by atoms with E-state index in [1.54, 1.807) is 0 Å². The van der Waals surface area contributed by atoms with Crippen molar-refractivity contribution in [3.8, 4) is 0 Å². The first kappa shape index (κ1) is 20.0. The molecule has 3 atom stereocenters. The van der Waals surface area contributed by atoms with Crippen molar-refractivity contribution >= 4 is 8.32 Å². The van der Waals surface area contributed by atoms with Gasteiger partial charge in [-0.25, -0.2) is 0 Å². The molecular formula is C20H38N4OSi. The Labute approximate surface area is 160 Å². The van der Waals surface area contributed by atoms with E-state index >= 15 is 0 Å². The summed E-state index contributed by atoms with van der Waals surface area (Å²) in [5, 5.41) is 13.0. The zero-order chi connectivity index (χ0) is 19.1. The van der Waals surface area contributed by atoms with Crippen molar-refractivity contribution < 1.29 is 4.43 Å². The summed E-state index contributed by atoms with van der Waals surface area (Å²) in [5.74, 6) is 2.62. The first-order chi connectivity index (χ1) is 12.1. The minimum atomic E-state index is -1.67. The van der Waals surface area contributed by atoms with Crippen LogP contribution in [-0.4, -0.2) is 41.8 Å². The molecule has 0 saturated carbocycles. The summed E-state index contributed by atoms with van der Waals surface area (Å²) in [7, 11) is -1.67. The molecule has 148 valence electrons. The molecule has 26 heavy (non-hydrogen) atoms. The topological polar surface area (TPSA) is 52.0 Å². The monoisotopic (exact) mass is 378 g/mol. The minimum Gasteiger partial charge on any atom is -0.417 e. The molecule has 2 aliphatic rings. The van der Waals surface area contributed by atoms with Crippen LogP contribution < -0.4 is 5.32 Å². The van der Waals surface area contributed by atoms with Crippen LogP contribution in [-0.2, 0) is 4.43 Å². The van der Waals surface area contributed by atoms with Crippen molar-refractivity contribution in [2.24, 2.45) is 0 Å². The predicted molar refractivity (Wildman–Crippen MR) is 109 cm³/mol. The fourth-order valence-electron chi connectivity index (χ4n) is 4.25. The lowest BCUT2D eigenvalue weighted by molar-refractivity contribution is 0.262. The maximum absolute atomic E-state index is 6.39. The number of piperidine rings is 1. The van der Waals surface area contributed by atoms with Gasteiger partial charge < -0.3 is 14.3 Å². The van der Waals surface area contributed by atoms with Crippen molar-refractivity contribution in [2.45, 2.75) is 109 Å². The van der Waals surface area contributed by atoms with Crippen LogP contribution >= 0.6 is 0 Å². The van der Waals surface area contributed by atoms with Crippen LogP contribution in [0.15, 0.2) is 0 Å². The lowest BCUT2D eigenvalue weighted by atomic mass is 9.98. The lowest BCUT2D eigenvalue weighted by Crippen LogP contribution is -2.41. The van der Waals surface area contributed by atoms with Crippen LogP contribution in [0.2, 0.25) is 18.1 Å². The highest BCUT2D eigenvalue weighted by atomic mass is 28.4. The molecule has 1 N–H and O–H groups in total. The summed E-state index contributed by atoms with van der Waals surface area (Å²) < 4.78 is 8.84. The van der Waals surface area contributed by atoms with E-state index in [-0.39, 0.29) is 5.04 Å². The molecule has 0 aliphatic carbocycles. The Kier molecular flexibility index (Phi) is 5.67. The highest BCUT2D eigenvalue weighted by molar-refractivity contribution is 6.74. The third kappa shape index (κ3) is 4.07. The van der Waals surface area contributed by atoms with Crippen molar-refractivity contribution in [3.05, 3.63) is 11.6 Å². The Balaban J connectivity index is 1.64. The van der Waals surface area contributed by atoms with Gasteiger partial charge in [0.1, 0.15) is 11.6 Å². The SMILES string of the molecule is Cc1nnc(C(C)CCO[Si](C)(C)C(C)(C)C)n1C1CC2CCC(C1)N2. The fourth-order valence-corrected chi connectivity index (χ4v) is 5.31. The third-order valence-corrected chi connectivity index (χ3v) is 11.5. The number of rotatable bonds is 6. The van der Waals surface area contributed by atoms with Gasteiger partial charge >= 0.3 is 0 Å². The highest BCUT2D eigenvalue weighted by Gasteiger charge is 2.38. The molecule has 3 unspecified atom stereocenters. The molecule has 0 amide bonds. The molecule has 2 aliphatic heterocycles. The van der Waals surface area contributed by atoms with E-state index in [9.17, 15) is 0 Å². The average molecular weight is 379 g/mol. The predicted octanol–water partition coefficient (Wildman–Crippen LogP) is 4.56. The van der Waals surface area contributed by atoms with Crippen molar-refractivity contribution in [1.29, 1.82) is 0 Å². The molecule has 2 fully saturated rings. The largest absolute Gasteiger partial charge is 0.417 e. The van der Waals surface area contributed by atoms with E-state index in [2.05, 4.69) is 67.8 Å². The second-order valence-electron chi connectivity index (χ2n) is 10.0. The second-order valence-corrected chi connectivity index (χ2v) is 14.8. The van der Waals surface area contributed by atoms with Crippen molar-refractivity contribution in [3.63, 3.8) is 0 Å². The first-order valence-corrected chi connectivity index (χ1v) is 13.3. The van der Waals surface area contributed by atoms with Crippen LogP contribution in [0.4, 0.5) is 0 Å². The molecule has 5 nitrogen and oxygen atoms in total. The normalized spacial score (nSPS) is 27.7. The van der Waals surface area contributed by atoms with E-state index in [0.717, 1.165) is 24.7 Å². The number of aryl methyl sites for hydroxylation is 1. The van der Waals surface area contributed by atoms with Crippen LogP contribution in [0.3, 0.4) is 0 Å². The zero-order valence-corrected chi connectivity index (χ0v) is 18.8. The van der Waals surface area contributed by atoms with Crippen LogP contribution in [0.5, 0.6) is 0 Å². The van der Waals surface area contributed by atoms with E-state index in [4.69, 9.17) is 4.43 Å². The Bertz CT molecular complexity index is 610. The Morgan fingerprint density at radius 2 is 1.81 bits per heavy atom. The lowest BCUT2D eigenvalue weighted by Gasteiger charge is -2.36. The maximum Gasteiger partial charge on any atom is 0.191 e. The van der Waals surface area contributed by atoms with Gasteiger partial charge in [0.2, 0.25) is 0 Å². The average Bonchev–Trinajstić information content (AvgIpc) is 3.08. The maximum atomic E-state index is 6.39.